The first-order chi connectivity index (χ1) is 11.9. The summed E-state index contributed by atoms with van der Waals surface area (Å²) in [5, 5.41) is 11.4. The van der Waals surface area contributed by atoms with Gasteiger partial charge in [-0.1, -0.05) is 17.3 Å². The molecular weight excluding hydrogens is 373 g/mol. The van der Waals surface area contributed by atoms with Crippen LogP contribution in [0.3, 0.4) is 0 Å². The van der Waals surface area contributed by atoms with Crippen LogP contribution in [0.1, 0.15) is 11.5 Å². The molecule has 0 unspecified atom stereocenters. The SMILES string of the molecule is FC(F)(F)c1cccc(NC(=S)NCc2nc(-c3cccs3)no2)c1. The summed E-state index contributed by atoms with van der Waals surface area (Å²) in [7, 11) is 0. The number of thiocarbonyl (C=S) groups is 1. The van der Waals surface area contributed by atoms with Crippen molar-refractivity contribution < 1.29 is 17.7 Å². The summed E-state index contributed by atoms with van der Waals surface area (Å²) in [6, 6.07) is 8.51. The molecule has 0 saturated carbocycles. The van der Waals surface area contributed by atoms with Crippen LogP contribution in [0.5, 0.6) is 0 Å². The third kappa shape index (κ3) is 4.54. The molecule has 1 aromatic carbocycles. The second kappa shape index (κ2) is 7.19. The van der Waals surface area contributed by atoms with E-state index in [4.69, 9.17) is 16.7 Å². The topological polar surface area (TPSA) is 63.0 Å². The Morgan fingerprint density at radius 2 is 2.08 bits per heavy atom. The van der Waals surface area contributed by atoms with Crippen LogP contribution in [0, 0.1) is 0 Å². The Labute approximate surface area is 149 Å². The van der Waals surface area contributed by atoms with Gasteiger partial charge in [-0.15, -0.1) is 11.3 Å². The highest BCUT2D eigenvalue weighted by molar-refractivity contribution is 7.80. The van der Waals surface area contributed by atoms with E-state index in [2.05, 4.69) is 20.8 Å². The van der Waals surface area contributed by atoms with Gasteiger partial charge in [0.2, 0.25) is 11.7 Å². The van der Waals surface area contributed by atoms with E-state index >= 15 is 0 Å². The molecule has 0 atom stereocenters. The van der Waals surface area contributed by atoms with Crippen molar-refractivity contribution in [3.8, 4) is 10.7 Å². The highest BCUT2D eigenvalue weighted by Gasteiger charge is 2.30. The molecule has 0 amide bonds. The third-order valence-electron chi connectivity index (χ3n) is 3.06. The molecule has 3 aromatic rings. The van der Waals surface area contributed by atoms with Crippen LogP contribution in [0.15, 0.2) is 46.3 Å². The molecular formula is C15H11F3N4OS2. The van der Waals surface area contributed by atoms with E-state index in [0.717, 1.165) is 17.0 Å². The second-order valence-electron chi connectivity index (χ2n) is 4.88. The number of nitrogens with zero attached hydrogens (tertiary/aromatic N) is 2. The molecule has 130 valence electrons. The zero-order valence-corrected chi connectivity index (χ0v) is 14.1. The number of benzene rings is 1. The van der Waals surface area contributed by atoms with Crippen molar-refractivity contribution in [1.82, 2.24) is 15.5 Å². The molecule has 0 bridgehead atoms. The minimum atomic E-state index is -4.41. The van der Waals surface area contributed by atoms with Gasteiger partial charge in [-0.2, -0.15) is 18.2 Å². The molecule has 10 heteroatoms. The van der Waals surface area contributed by atoms with Crippen molar-refractivity contribution in [2.24, 2.45) is 0 Å². The van der Waals surface area contributed by atoms with Gasteiger partial charge in [-0.25, -0.2) is 0 Å². The molecule has 2 N–H and O–H groups in total. The normalized spacial score (nSPS) is 11.3. The van der Waals surface area contributed by atoms with E-state index < -0.39 is 11.7 Å². The number of hydrogen-bond donors (Lipinski definition) is 2. The van der Waals surface area contributed by atoms with E-state index in [-0.39, 0.29) is 17.3 Å². The Bertz CT molecular complexity index is 862. The fourth-order valence-corrected chi connectivity index (χ4v) is 2.78. The molecule has 0 radical (unpaired) electrons. The average Bonchev–Trinajstić information content (AvgIpc) is 3.24. The number of hydrogen-bond acceptors (Lipinski definition) is 5. The molecule has 2 heterocycles. The average molecular weight is 384 g/mol. The first-order valence-electron chi connectivity index (χ1n) is 7.00. The van der Waals surface area contributed by atoms with E-state index in [9.17, 15) is 13.2 Å². The smallest absolute Gasteiger partial charge is 0.353 e. The number of anilines is 1. The number of aromatic nitrogens is 2. The zero-order valence-electron chi connectivity index (χ0n) is 12.5. The highest BCUT2D eigenvalue weighted by Crippen LogP contribution is 2.30. The van der Waals surface area contributed by atoms with E-state index in [1.165, 1.54) is 23.5 Å². The molecule has 25 heavy (non-hydrogen) atoms. The fraction of sp³-hybridized carbons (Fsp3) is 0.133. The van der Waals surface area contributed by atoms with E-state index in [1.807, 2.05) is 17.5 Å². The fourth-order valence-electron chi connectivity index (χ4n) is 1.94. The van der Waals surface area contributed by atoms with E-state index in [0.29, 0.717) is 11.7 Å². The first-order valence-corrected chi connectivity index (χ1v) is 8.29. The molecule has 5 nitrogen and oxygen atoms in total. The number of halogens is 3. The largest absolute Gasteiger partial charge is 0.416 e. The third-order valence-corrected chi connectivity index (χ3v) is 4.17. The van der Waals surface area contributed by atoms with Crippen molar-refractivity contribution >= 4 is 34.4 Å². The van der Waals surface area contributed by atoms with Crippen molar-refractivity contribution in [2.45, 2.75) is 12.7 Å². The zero-order chi connectivity index (χ0) is 17.9. The quantitative estimate of drug-likeness (QED) is 0.654. The molecule has 0 aliphatic carbocycles. The number of rotatable bonds is 4. The maximum atomic E-state index is 12.7. The number of thiophene rings is 1. The van der Waals surface area contributed by atoms with Crippen LogP contribution in [0.4, 0.5) is 18.9 Å². The molecule has 0 aliphatic rings. The van der Waals surface area contributed by atoms with Crippen LogP contribution in [0.2, 0.25) is 0 Å². The van der Waals surface area contributed by atoms with Gasteiger partial charge in [-0.3, -0.25) is 0 Å². The Kier molecular flexibility index (Phi) is 5.00. The molecule has 0 saturated heterocycles. The molecule has 0 aliphatic heterocycles. The van der Waals surface area contributed by atoms with Gasteiger partial charge in [-0.05, 0) is 41.9 Å². The second-order valence-corrected chi connectivity index (χ2v) is 6.23. The number of nitrogens with one attached hydrogen (secondary N) is 2. The lowest BCUT2D eigenvalue weighted by Gasteiger charge is -2.11. The standard InChI is InChI=1S/C15H11F3N4OS2/c16-15(17,18)9-3-1-4-10(7-9)20-14(24)19-8-12-21-13(22-23-12)11-5-2-6-25-11/h1-7H,8H2,(H2,19,20,24). The first kappa shape index (κ1) is 17.4. The maximum Gasteiger partial charge on any atom is 0.416 e. The van der Waals surface area contributed by atoms with Gasteiger partial charge in [0.15, 0.2) is 5.11 Å². The van der Waals surface area contributed by atoms with Crippen molar-refractivity contribution in [3.05, 3.63) is 53.2 Å². The molecule has 2 aromatic heterocycles. The van der Waals surface area contributed by atoms with Crippen molar-refractivity contribution in [2.75, 3.05) is 5.32 Å². The van der Waals surface area contributed by atoms with Gasteiger partial charge >= 0.3 is 6.18 Å². The summed E-state index contributed by atoms with van der Waals surface area (Å²) < 4.78 is 43.2. The lowest BCUT2D eigenvalue weighted by Crippen LogP contribution is -2.28. The van der Waals surface area contributed by atoms with Crippen LogP contribution in [0.25, 0.3) is 10.7 Å². The highest BCUT2D eigenvalue weighted by atomic mass is 32.1. The molecule has 0 fully saturated rings. The minimum absolute atomic E-state index is 0.148. The number of alkyl halides is 3. The van der Waals surface area contributed by atoms with Crippen LogP contribution in [-0.4, -0.2) is 15.3 Å². The lowest BCUT2D eigenvalue weighted by atomic mass is 10.2. The van der Waals surface area contributed by atoms with Crippen LogP contribution >= 0.6 is 23.6 Å². The lowest BCUT2D eigenvalue weighted by molar-refractivity contribution is -0.137. The van der Waals surface area contributed by atoms with Gasteiger partial charge < -0.3 is 15.2 Å². The Morgan fingerprint density at radius 1 is 1.24 bits per heavy atom. The Balaban J connectivity index is 1.57. The predicted molar refractivity (Wildman–Crippen MR) is 92.1 cm³/mol. The van der Waals surface area contributed by atoms with Crippen LogP contribution in [-0.2, 0) is 12.7 Å². The van der Waals surface area contributed by atoms with Gasteiger partial charge in [0.05, 0.1) is 17.0 Å². The Morgan fingerprint density at radius 3 is 2.80 bits per heavy atom. The molecule has 0 spiro atoms. The van der Waals surface area contributed by atoms with Crippen molar-refractivity contribution in [1.29, 1.82) is 0 Å². The van der Waals surface area contributed by atoms with Gasteiger partial charge in [0.1, 0.15) is 0 Å². The predicted octanol–water partition coefficient (Wildman–Crippen LogP) is 4.30. The minimum Gasteiger partial charge on any atom is -0.353 e. The van der Waals surface area contributed by atoms with Crippen LogP contribution < -0.4 is 10.6 Å². The molecule has 3 rings (SSSR count). The maximum absolute atomic E-state index is 12.7. The van der Waals surface area contributed by atoms with Crippen molar-refractivity contribution in [3.63, 3.8) is 0 Å². The Hall–Kier alpha value is -2.46. The summed E-state index contributed by atoms with van der Waals surface area (Å²) >= 11 is 6.55. The van der Waals surface area contributed by atoms with Gasteiger partial charge in [0, 0.05) is 5.69 Å². The summed E-state index contributed by atoms with van der Waals surface area (Å²) in [6.07, 6.45) is -4.41. The van der Waals surface area contributed by atoms with E-state index in [1.54, 1.807) is 0 Å². The summed E-state index contributed by atoms with van der Waals surface area (Å²) in [5.74, 6) is 0.792. The summed E-state index contributed by atoms with van der Waals surface area (Å²) in [5.41, 5.74) is -0.519. The summed E-state index contributed by atoms with van der Waals surface area (Å²) in [6.45, 7) is 0.156. The van der Waals surface area contributed by atoms with Gasteiger partial charge in [0.25, 0.3) is 0 Å². The summed E-state index contributed by atoms with van der Waals surface area (Å²) in [4.78, 5) is 5.09. The monoisotopic (exact) mass is 384 g/mol.